The maximum absolute atomic E-state index is 9.60. The first-order valence-corrected chi connectivity index (χ1v) is 7.24. The molecule has 3 rings (SSSR count). The van der Waals surface area contributed by atoms with Gasteiger partial charge in [0.2, 0.25) is 0 Å². The molecule has 7 heteroatoms. The van der Waals surface area contributed by atoms with Crippen LogP contribution in [0.2, 0.25) is 0 Å². The topological polar surface area (TPSA) is 86.2 Å². The maximum atomic E-state index is 9.60. The van der Waals surface area contributed by atoms with Gasteiger partial charge in [0.25, 0.3) is 0 Å². The molecule has 0 saturated carbocycles. The number of hydrogen-bond acceptors (Lipinski definition) is 6. The third kappa shape index (κ3) is 2.70. The number of nitrogens with zero attached hydrogens (tertiary/aromatic N) is 4. The molecule has 0 spiro atoms. The molecule has 23 heavy (non-hydrogen) atoms. The quantitative estimate of drug-likeness (QED) is 0.776. The Hall–Kier alpha value is -2.67. The molecule has 0 saturated heterocycles. The van der Waals surface area contributed by atoms with Crippen molar-refractivity contribution in [1.29, 1.82) is 0 Å². The van der Waals surface area contributed by atoms with Crippen LogP contribution in [0.4, 0.5) is 0 Å². The van der Waals surface area contributed by atoms with E-state index < -0.39 is 0 Å². The second-order valence-corrected chi connectivity index (χ2v) is 5.20. The Bertz CT molecular complexity index is 803. The molecule has 0 aliphatic rings. The first-order chi connectivity index (χ1) is 11.2. The SMILES string of the molecule is COc1ccccc1-c1c(CO)nnn1Cc1c(C)noc1C. The zero-order chi connectivity index (χ0) is 16.4. The van der Waals surface area contributed by atoms with Gasteiger partial charge in [0.1, 0.15) is 17.2 Å². The summed E-state index contributed by atoms with van der Waals surface area (Å²) in [5, 5.41) is 21.8. The minimum atomic E-state index is -0.199. The van der Waals surface area contributed by atoms with Crippen LogP contribution in [0.25, 0.3) is 11.3 Å². The van der Waals surface area contributed by atoms with Gasteiger partial charge in [0.05, 0.1) is 31.6 Å². The Kier molecular flexibility index (Phi) is 4.12. The van der Waals surface area contributed by atoms with E-state index in [1.54, 1.807) is 11.8 Å². The van der Waals surface area contributed by atoms with Crippen molar-refractivity contribution in [2.45, 2.75) is 27.0 Å². The molecule has 2 aromatic heterocycles. The van der Waals surface area contributed by atoms with Gasteiger partial charge in [-0.3, -0.25) is 0 Å². The van der Waals surface area contributed by atoms with E-state index in [0.29, 0.717) is 18.0 Å². The van der Waals surface area contributed by atoms with Crippen LogP contribution in [0.3, 0.4) is 0 Å². The molecule has 0 radical (unpaired) electrons. The van der Waals surface area contributed by atoms with Crippen molar-refractivity contribution < 1.29 is 14.4 Å². The zero-order valence-corrected chi connectivity index (χ0v) is 13.3. The summed E-state index contributed by atoms with van der Waals surface area (Å²) in [6.45, 7) is 4.01. The van der Waals surface area contributed by atoms with Crippen LogP contribution in [0.15, 0.2) is 28.8 Å². The number of rotatable bonds is 5. The van der Waals surface area contributed by atoms with E-state index in [4.69, 9.17) is 9.26 Å². The van der Waals surface area contributed by atoms with Crippen molar-refractivity contribution in [3.05, 3.63) is 47.0 Å². The number of aromatic nitrogens is 4. The van der Waals surface area contributed by atoms with Crippen LogP contribution in [0.1, 0.15) is 22.7 Å². The van der Waals surface area contributed by atoms with Crippen LogP contribution in [0, 0.1) is 13.8 Å². The van der Waals surface area contributed by atoms with E-state index in [0.717, 1.165) is 28.3 Å². The fraction of sp³-hybridized carbons (Fsp3) is 0.312. The standard InChI is InChI=1S/C16H18N4O3/c1-10-13(11(2)23-18-10)8-20-16(14(9-21)17-19-20)12-6-4-5-7-15(12)22-3/h4-7,21H,8-9H2,1-3H3. The number of hydrogen-bond donors (Lipinski definition) is 1. The second kappa shape index (κ2) is 6.21. The highest BCUT2D eigenvalue weighted by Gasteiger charge is 2.20. The fourth-order valence-corrected chi connectivity index (χ4v) is 2.58. The first-order valence-electron chi connectivity index (χ1n) is 7.24. The highest BCUT2D eigenvalue weighted by atomic mass is 16.5. The Morgan fingerprint density at radius 3 is 2.70 bits per heavy atom. The highest BCUT2D eigenvalue weighted by Crippen LogP contribution is 2.32. The van der Waals surface area contributed by atoms with E-state index in [-0.39, 0.29) is 6.61 Å². The normalized spacial score (nSPS) is 11.0. The first kappa shape index (κ1) is 15.2. The average molecular weight is 314 g/mol. The zero-order valence-electron chi connectivity index (χ0n) is 13.3. The number of aliphatic hydroxyl groups excluding tert-OH is 1. The molecule has 3 aromatic rings. The van der Waals surface area contributed by atoms with Gasteiger partial charge in [-0.25, -0.2) is 4.68 Å². The van der Waals surface area contributed by atoms with Crippen LogP contribution in [0.5, 0.6) is 5.75 Å². The summed E-state index contributed by atoms with van der Waals surface area (Å²) in [6.07, 6.45) is 0. The molecule has 0 amide bonds. The smallest absolute Gasteiger partial charge is 0.138 e. The molecule has 7 nitrogen and oxygen atoms in total. The van der Waals surface area contributed by atoms with Crippen molar-refractivity contribution in [2.75, 3.05) is 7.11 Å². The van der Waals surface area contributed by atoms with Crippen LogP contribution in [-0.2, 0) is 13.2 Å². The van der Waals surface area contributed by atoms with Gasteiger partial charge >= 0.3 is 0 Å². The Morgan fingerprint density at radius 2 is 2.04 bits per heavy atom. The minimum absolute atomic E-state index is 0.199. The molecule has 2 heterocycles. The monoisotopic (exact) mass is 314 g/mol. The molecular formula is C16H18N4O3. The van der Waals surface area contributed by atoms with Gasteiger partial charge in [-0.05, 0) is 26.0 Å². The van der Waals surface area contributed by atoms with Gasteiger partial charge in [-0.2, -0.15) is 0 Å². The van der Waals surface area contributed by atoms with Crippen molar-refractivity contribution in [1.82, 2.24) is 20.2 Å². The Balaban J connectivity index is 2.11. The molecule has 0 fully saturated rings. The molecular weight excluding hydrogens is 296 g/mol. The van der Waals surface area contributed by atoms with E-state index in [1.165, 1.54) is 0 Å². The number of para-hydroxylation sites is 1. The molecule has 0 aliphatic heterocycles. The largest absolute Gasteiger partial charge is 0.496 e. The summed E-state index contributed by atoms with van der Waals surface area (Å²) in [6, 6.07) is 7.58. The third-order valence-electron chi connectivity index (χ3n) is 3.81. The van der Waals surface area contributed by atoms with Crippen molar-refractivity contribution in [2.24, 2.45) is 0 Å². The molecule has 1 N–H and O–H groups in total. The van der Waals surface area contributed by atoms with E-state index >= 15 is 0 Å². The van der Waals surface area contributed by atoms with Crippen LogP contribution < -0.4 is 4.74 Å². The number of benzene rings is 1. The van der Waals surface area contributed by atoms with E-state index in [9.17, 15) is 5.11 Å². The maximum Gasteiger partial charge on any atom is 0.138 e. The lowest BCUT2D eigenvalue weighted by Gasteiger charge is -2.11. The molecule has 0 bridgehead atoms. The summed E-state index contributed by atoms with van der Waals surface area (Å²) in [5.74, 6) is 1.44. The Morgan fingerprint density at radius 1 is 1.26 bits per heavy atom. The third-order valence-corrected chi connectivity index (χ3v) is 3.81. The summed E-state index contributed by atoms with van der Waals surface area (Å²) in [4.78, 5) is 0. The second-order valence-electron chi connectivity index (χ2n) is 5.20. The van der Waals surface area contributed by atoms with Crippen LogP contribution >= 0.6 is 0 Å². The lowest BCUT2D eigenvalue weighted by Crippen LogP contribution is -2.06. The molecule has 1 aromatic carbocycles. The number of aliphatic hydroxyl groups is 1. The Labute approximate surface area is 133 Å². The predicted octanol–water partition coefficient (Wildman–Crippen LogP) is 2.10. The van der Waals surface area contributed by atoms with E-state index in [1.807, 2.05) is 38.1 Å². The lowest BCUT2D eigenvalue weighted by atomic mass is 10.1. The summed E-state index contributed by atoms with van der Waals surface area (Å²) in [7, 11) is 1.61. The van der Waals surface area contributed by atoms with Gasteiger partial charge in [0, 0.05) is 11.1 Å². The van der Waals surface area contributed by atoms with Gasteiger partial charge < -0.3 is 14.4 Å². The average Bonchev–Trinajstić information content (AvgIpc) is 3.12. The molecule has 0 unspecified atom stereocenters. The number of methoxy groups -OCH3 is 1. The number of ether oxygens (including phenoxy) is 1. The fourth-order valence-electron chi connectivity index (χ4n) is 2.58. The molecule has 0 atom stereocenters. The van der Waals surface area contributed by atoms with E-state index in [2.05, 4.69) is 15.5 Å². The molecule has 0 aliphatic carbocycles. The van der Waals surface area contributed by atoms with Gasteiger partial charge in [0.15, 0.2) is 0 Å². The van der Waals surface area contributed by atoms with Crippen molar-refractivity contribution >= 4 is 0 Å². The summed E-state index contributed by atoms with van der Waals surface area (Å²) < 4.78 is 12.4. The summed E-state index contributed by atoms with van der Waals surface area (Å²) in [5.41, 5.74) is 3.83. The van der Waals surface area contributed by atoms with Crippen molar-refractivity contribution in [3.63, 3.8) is 0 Å². The van der Waals surface area contributed by atoms with Gasteiger partial charge in [-0.15, -0.1) is 5.10 Å². The predicted molar refractivity (Wildman–Crippen MR) is 83.0 cm³/mol. The minimum Gasteiger partial charge on any atom is -0.496 e. The highest BCUT2D eigenvalue weighted by molar-refractivity contribution is 5.69. The van der Waals surface area contributed by atoms with Gasteiger partial charge in [-0.1, -0.05) is 22.5 Å². The molecule has 120 valence electrons. The van der Waals surface area contributed by atoms with Crippen molar-refractivity contribution in [3.8, 4) is 17.0 Å². The summed E-state index contributed by atoms with van der Waals surface area (Å²) >= 11 is 0. The number of aryl methyl sites for hydroxylation is 2. The lowest BCUT2D eigenvalue weighted by molar-refractivity contribution is 0.277. The van der Waals surface area contributed by atoms with Crippen LogP contribution in [-0.4, -0.2) is 32.4 Å².